The molecule has 2 aliphatic heterocycles. The quantitative estimate of drug-likeness (QED) is 0.777. The molecule has 31 heavy (non-hydrogen) atoms. The Labute approximate surface area is 174 Å². The van der Waals surface area contributed by atoms with E-state index in [1.54, 1.807) is 0 Å². The molecule has 3 heterocycles. The summed E-state index contributed by atoms with van der Waals surface area (Å²) in [5, 5.41) is 12.7. The van der Waals surface area contributed by atoms with Crippen LogP contribution in [0.5, 0.6) is 5.75 Å². The van der Waals surface area contributed by atoms with Crippen LogP contribution < -0.4 is 10.7 Å². The second kappa shape index (κ2) is 7.60. The van der Waals surface area contributed by atoms with E-state index in [0.717, 1.165) is 22.9 Å². The molecule has 0 unspecified atom stereocenters. The van der Waals surface area contributed by atoms with Gasteiger partial charge in [0.05, 0.1) is 0 Å². The van der Waals surface area contributed by atoms with Gasteiger partial charge >= 0.3 is 0 Å². The summed E-state index contributed by atoms with van der Waals surface area (Å²) < 4.78 is 43.2. The lowest BCUT2D eigenvalue weighted by Gasteiger charge is -2.34. The SMILES string of the molecule is Cc1c(F)ccc(CNC(=O)c2cn3c(c(O)c2=O)C(=O)N2CCC=C(F)[C@H]3C2)c1F. The molecule has 2 aromatic rings. The second-order valence-corrected chi connectivity index (χ2v) is 7.45. The maximum Gasteiger partial charge on any atom is 0.274 e. The molecule has 10 heteroatoms. The van der Waals surface area contributed by atoms with Crippen LogP contribution in [0, 0.1) is 18.6 Å². The van der Waals surface area contributed by atoms with Crippen LogP contribution in [-0.4, -0.2) is 39.5 Å². The number of nitrogens with one attached hydrogen (secondary N) is 1. The van der Waals surface area contributed by atoms with E-state index in [1.165, 1.54) is 17.9 Å². The maximum absolute atomic E-state index is 14.5. The number of fused-ring (bicyclic) bond motifs is 4. The first-order chi connectivity index (χ1) is 14.7. The predicted octanol–water partition coefficient (Wildman–Crippen LogP) is 2.32. The molecule has 0 spiro atoms. The van der Waals surface area contributed by atoms with Gasteiger partial charge in [0.25, 0.3) is 11.8 Å². The Morgan fingerprint density at radius 3 is 2.74 bits per heavy atom. The average Bonchev–Trinajstić information content (AvgIpc) is 2.91. The molecule has 1 aromatic heterocycles. The predicted molar refractivity (Wildman–Crippen MR) is 103 cm³/mol. The van der Waals surface area contributed by atoms with Crippen molar-refractivity contribution in [1.82, 2.24) is 14.8 Å². The van der Waals surface area contributed by atoms with Gasteiger partial charge in [-0.05, 0) is 25.5 Å². The van der Waals surface area contributed by atoms with Crippen molar-refractivity contribution >= 4 is 11.8 Å². The van der Waals surface area contributed by atoms with Crippen molar-refractivity contribution in [2.24, 2.45) is 0 Å². The van der Waals surface area contributed by atoms with Crippen molar-refractivity contribution in [2.45, 2.75) is 25.9 Å². The lowest BCUT2D eigenvalue weighted by molar-refractivity contribution is 0.0677. The number of hydrogen-bond donors (Lipinski definition) is 2. The van der Waals surface area contributed by atoms with Gasteiger partial charge in [-0.25, -0.2) is 13.2 Å². The molecule has 162 valence electrons. The van der Waals surface area contributed by atoms with Gasteiger partial charge in [0.2, 0.25) is 5.43 Å². The monoisotopic (exact) mass is 433 g/mol. The Bertz CT molecular complexity index is 1210. The molecule has 2 bridgehead atoms. The highest BCUT2D eigenvalue weighted by atomic mass is 19.1. The molecule has 0 radical (unpaired) electrons. The number of pyridine rings is 1. The molecule has 1 atom stereocenters. The fourth-order valence-electron chi connectivity index (χ4n) is 3.80. The lowest BCUT2D eigenvalue weighted by Crippen LogP contribution is -2.44. The van der Waals surface area contributed by atoms with E-state index in [0.29, 0.717) is 0 Å². The maximum atomic E-state index is 14.5. The van der Waals surface area contributed by atoms with Crippen LogP contribution in [0.4, 0.5) is 13.2 Å². The van der Waals surface area contributed by atoms with Crippen LogP contribution in [0.1, 0.15) is 44.4 Å². The van der Waals surface area contributed by atoms with Gasteiger partial charge in [-0.15, -0.1) is 0 Å². The number of nitrogens with zero attached hydrogens (tertiary/aromatic N) is 2. The smallest absolute Gasteiger partial charge is 0.274 e. The van der Waals surface area contributed by atoms with E-state index in [1.807, 2.05) is 0 Å². The number of benzene rings is 1. The molecular weight excluding hydrogens is 415 g/mol. The van der Waals surface area contributed by atoms with Crippen molar-refractivity contribution in [1.29, 1.82) is 0 Å². The average molecular weight is 433 g/mol. The highest BCUT2D eigenvalue weighted by Crippen LogP contribution is 2.33. The number of halogens is 3. The third-order valence-corrected chi connectivity index (χ3v) is 5.57. The molecule has 0 saturated carbocycles. The zero-order valence-corrected chi connectivity index (χ0v) is 16.4. The number of aromatic hydroxyl groups is 1. The highest BCUT2D eigenvalue weighted by Gasteiger charge is 2.38. The minimum absolute atomic E-state index is 0.00176. The molecule has 4 rings (SSSR count). The lowest BCUT2D eigenvalue weighted by atomic mass is 10.1. The summed E-state index contributed by atoms with van der Waals surface area (Å²) >= 11 is 0. The second-order valence-electron chi connectivity index (χ2n) is 7.45. The summed E-state index contributed by atoms with van der Waals surface area (Å²) in [6.07, 6.45) is 2.63. The van der Waals surface area contributed by atoms with Crippen molar-refractivity contribution in [3.8, 4) is 5.75 Å². The standard InChI is InChI=1S/C21H18F3N3O4/c1-10-13(22)5-4-11(16(10)24)7-25-20(30)12-8-27-15-9-26(6-2-3-14(15)23)21(31)17(27)19(29)18(12)28/h3-5,8,15,29H,2,6-7,9H2,1H3,(H,25,30)/t15-/m1/s1. The summed E-state index contributed by atoms with van der Waals surface area (Å²) in [7, 11) is 0. The van der Waals surface area contributed by atoms with E-state index in [4.69, 9.17) is 0 Å². The number of amides is 2. The van der Waals surface area contributed by atoms with Crippen LogP contribution >= 0.6 is 0 Å². The first-order valence-electron chi connectivity index (χ1n) is 9.55. The summed E-state index contributed by atoms with van der Waals surface area (Å²) in [4.78, 5) is 39.1. The third kappa shape index (κ3) is 3.37. The Balaban J connectivity index is 1.70. The summed E-state index contributed by atoms with van der Waals surface area (Å²) in [6, 6.07) is 1.23. The van der Waals surface area contributed by atoms with Gasteiger partial charge in [0, 0.05) is 37.0 Å². The molecule has 0 saturated heterocycles. The first-order valence-corrected chi connectivity index (χ1v) is 9.55. The van der Waals surface area contributed by atoms with Gasteiger partial charge in [-0.2, -0.15) is 0 Å². The zero-order chi connectivity index (χ0) is 22.4. The van der Waals surface area contributed by atoms with E-state index in [-0.39, 0.29) is 42.9 Å². The molecule has 2 amide bonds. The Morgan fingerprint density at radius 1 is 1.26 bits per heavy atom. The molecule has 7 nitrogen and oxygen atoms in total. The van der Waals surface area contributed by atoms with E-state index < -0.39 is 52.1 Å². The topological polar surface area (TPSA) is 91.6 Å². The number of hydrogen-bond acceptors (Lipinski definition) is 4. The Hall–Kier alpha value is -3.56. The molecule has 2 aliphatic rings. The van der Waals surface area contributed by atoms with Crippen molar-refractivity contribution in [3.05, 3.63) is 74.5 Å². The van der Waals surface area contributed by atoms with Crippen LogP contribution in [-0.2, 0) is 6.54 Å². The van der Waals surface area contributed by atoms with E-state index >= 15 is 0 Å². The van der Waals surface area contributed by atoms with Gasteiger partial charge in [-0.3, -0.25) is 14.4 Å². The number of rotatable bonds is 3. The first kappa shape index (κ1) is 20.7. The van der Waals surface area contributed by atoms with Gasteiger partial charge in [0.15, 0.2) is 11.4 Å². The largest absolute Gasteiger partial charge is 0.503 e. The van der Waals surface area contributed by atoms with Crippen LogP contribution in [0.3, 0.4) is 0 Å². The van der Waals surface area contributed by atoms with Gasteiger partial charge in [0.1, 0.15) is 29.1 Å². The van der Waals surface area contributed by atoms with Crippen molar-refractivity contribution in [3.63, 3.8) is 0 Å². The molecule has 0 aliphatic carbocycles. The number of aromatic nitrogens is 1. The van der Waals surface area contributed by atoms with Gasteiger partial charge in [-0.1, -0.05) is 6.07 Å². The molecule has 0 fully saturated rings. The molecular formula is C21H18F3N3O4. The fourth-order valence-corrected chi connectivity index (χ4v) is 3.80. The molecule has 2 N–H and O–H groups in total. The van der Waals surface area contributed by atoms with Crippen LogP contribution in [0.2, 0.25) is 0 Å². The van der Waals surface area contributed by atoms with Crippen molar-refractivity contribution in [2.75, 3.05) is 13.1 Å². The van der Waals surface area contributed by atoms with E-state index in [2.05, 4.69) is 5.32 Å². The number of carbonyl (C=O) groups excluding carboxylic acids is 2. The van der Waals surface area contributed by atoms with Crippen molar-refractivity contribution < 1.29 is 27.9 Å². The summed E-state index contributed by atoms with van der Waals surface area (Å²) in [6.45, 7) is 1.13. The van der Waals surface area contributed by atoms with Crippen LogP contribution in [0.25, 0.3) is 0 Å². The van der Waals surface area contributed by atoms with Crippen LogP contribution in [0.15, 0.2) is 35.0 Å². The Morgan fingerprint density at radius 2 is 2.00 bits per heavy atom. The minimum atomic E-state index is -1.10. The fraction of sp³-hybridized carbons (Fsp3) is 0.286. The van der Waals surface area contributed by atoms with E-state index in [9.17, 15) is 32.7 Å². The summed E-state index contributed by atoms with van der Waals surface area (Å²) in [5.41, 5.74) is -2.23. The summed E-state index contributed by atoms with van der Waals surface area (Å²) in [5.74, 6) is -4.65. The highest BCUT2D eigenvalue weighted by molar-refractivity contribution is 5.99. The third-order valence-electron chi connectivity index (χ3n) is 5.57. The minimum Gasteiger partial charge on any atom is -0.503 e. The Kier molecular flexibility index (Phi) is 5.08. The normalized spacial score (nSPS) is 17.7. The molecule has 1 aromatic carbocycles. The number of carbonyl (C=O) groups is 2. The zero-order valence-electron chi connectivity index (χ0n) is 16.4. The van der Waals surface area contributed by atoms with Gasteiger partial charge < -0.3 is 19.9 Å².